The maximum Gasteiger partial charge on any atom is 0.265 e. The van der Waals surface area contributed by atoms with Crippen LogP contribution in [-0.2, 0) is 16.1 Å². The largest absolute Gasteiger partial charge is 0.482 e. The Balaban J connectivity index is 1.42. The summed E-state index contributed by atoms with van der Waals surface area (Å²) in [5.74, 6) is 1.50. The first kappa shape index (κ1) is 16.3. The molecule has 1 N–H and O–H groups in total. The topological polar surface area (TPSA) is 77.1 Å². The molecule has 0 spiro atoms. The molecule has 0 unspecified atom stereocenters. The summed E-state index contributed by atoms with van der Waals surface area (Å²) in [6.07, 6.45) is 0. The zero-order valence-electron chi connectivity index (χ0n) is 14.3. The van der Waals surface area contributed by atoms with Crippen LogP contribution in [-0.4, -0.2) is 31.8 Å². The van der Waals surface area contributed by atoms with Crippen LogP contribution in [0.5, 0.6) is 17.2 Å². The van der Waals surface area contributed by atoms with Gasteiger partial charge in [-0.05, 0) is 42.3 Å². The maximum atomic E-state index is 12.4. The maximum absolute atomic E-state index is 12.4. The van der Waals surface area contributed by atoms with Gasteiger partial charge in [0, 0.05) is 6.54 Å². The number of anilines is 1. The van der Waals surface area contributed by atoms with Gasteiger partial charge < -0.3 is 19.5 Å². The number of nitrogens with zero attached hydrogens (tertiary/aromatic N) is 1. The molecule has 7 nitrogen and oxygen atoms in total. The van der Waals surface area contributed by atoms with E-state index in [4.69, 9.17) is 14.2 Å². The average Bonchev–Trinajstić information content (AvgIpc) is 3.10. The van der Waals surface area contributed by atoms with E-state index in [1.54, 1.807) is 0 Å². The van der Waals surface area contributed by atoms with Gasteiger partial charge in [0.15, 0.2) is 18.1 Å². The second-order valence-electron chi connectivity index (χ2n) is 6.20. The summed E-state index contributed by atoms with van der Waals surface area (Å²) in [7, 11) is 0. The predicted molar refractivity (Wildman–Crippen MR) is 93.4 cm³/mol. The lowest BCUT2D eigenvalue weighted by Crippen LogP contribution is -2.45. The Morgan fingerprint density at radius 1 is 1.08 bits per heavy atom. The molecule has 26 heavy (non-hydrogen) atoms. The van der Waals surface area contributed by atoms with Gasteiger partial charge in [-0.25, -0.2) is 0 Å². The van der Waals surface area contributed by atoms with Crippen molar-refractivity contribution in [2.75, 3.05) is 24.8 Å². The van der Waals surface area contributed by atoms with Crippen molar-refractivity contribution in [2.24, 2.45) is 0 Å². The zero-order chi connectivity index (χ0) is 18.1. The van der Waals surface area contributed by atoms with Gasteiger partial charge in [-0.15, -0.1) is 0 Å². The Morgan fingerprint density at radius 3 is 2.77 bits per heavy atom. The highest BCUT2D eigenvalue weighted by Gasteiger charge is 2.27. The van der Waals surface area contributed by atoms with Crippen LogP contribution in [0.15, 0.2) is 36.4 Å². The SMILES string of the molecule is Cc1ccc2c(c1)N(CC(=O)NCc1ccc3c(c1)OCO3)C(=O)CO2. The predicted octanol–water partition coefficient (Wildman–Crippen LogP) is 1.77. The van der Waals surface area contributed by atoms with Crippen molar-refractivity contribution in [3.63, 3.8) is 0 Å². The minimum atomic E-state index is -0.245. The minimum absolute atomic E-state index is 0.0524. The van der Waals surface area contributed by atoms with Crippen molar-refractivity contribution < 1.29 is 23.8 Å². The van der Waals surface area contributed by atoms with Gasteiger partial charge in [-0.1, -0.05) is 12.1 Å². The molecule has 0 atom stereocenters. The lowest BCUT2D eigenvalue weighted by atomic mass is 10.1. The number of benzene rings is 2. The Bertz CT molecular complexity index is 880. The molecule has 7 heteroatoms. The van der Waals surface area contributed by atoms with E-state index in [2.05, 4.69) is 5.32 Å². The summed E-state index contributed by atoms with van der Waals surface area (Å²) < 4.78 is 16.0. The highest BCUT2D eigenvalue weighted by molar-refractivity contribution is 6.02. The smallest absolute Gasteiger partial charge is 0.265 e. The molecule has 2 aliphatic heterocycles. The first-order chi connectivity index (χ1) is 12.6. The molecule has 0 bridgehead atoms. The van der Waals surface area contributed by atoms with Crippen molar-refractivity contribution in [1.29, 1.82) is 0 Å². The Hall–Kier alpha value is -3.22. The van der Waals surface area contributed by atoms with Crippen molar-refractivity contribution in [2.45, 2.75) is 13.5 Å². The molecule has 4 rings (SSSR count). The number of carbonyl (C=O) groups is 2. The second-order valence-corrected chi connectivity index (χ2v) is 6.20. The average molecular weight is 354 g/mol. The molecule has 2 heterocycles. The summed E-state index contributed by atoms with van der Waals surface area (Å²) in [5.41, 5.74) is 2.51. The number of hydrogen-bond donors (Lipinski definition) is 1. The lowest BCUT2D eigenvalue weighted by Gasteiger charge is -2.29. The van der Waals surface area contributed by atoms with Crippen LogP contribution in [0.2, 0.25) is 0 Å². The summed E-state index contributed by atoms with van der Waals surface area (Å²) in [6.45, 7) is 2.36. The van der Waals surface area contributed by atoms with Gasteiger partial charge in [0.05, 0.1) is 5.69 Å². The quantitative estimate of drug-likeness (QED) is 0.905. The number of aryl methyl sites for hydroxylation is 1. The lowest BCUT2D eigenvalue weighted by molar-refractivity contribution is -0.125. The number of fused-ring (bicyclic) bond motifs is 2. The third-order valence-electron chi connectivity index (χ3n) is 4.29. The number of hydrogen-bond acceptors (Lipinski definition) is 5. The van der Waals surface area contributed by atoms with Gasteiger partial charge in [0.2, 0.25) is 12.7 Å². The number of carbonyl (C=O) groups excluding carboxylic acids is 2. The fraction of sp³-hybridized carbons (Fsp3) is 0.263. The van der Waals surface area contributed by atoms with E-state index < -0.39 is 0 Å². The molecule has 0 saturated carbocycles. The van der Waals surface area contributed by atoms with E-state index in [9.17, 15) is 9.59 Å². The van der Waals surface area contributed by atoms with Gasteiger partial charge in [-0.3, -0.25) is 14.5 Å². The van der Waals surface area contributed by atoms with Crippen LogP contribution < -0.4 is 24.4 Å². The molecule has 0 saturated heterocycles. The molecule has 0 fully saturated rings. The van der Waals surface area contributed by atoms with Crippen LogP contribution >= 0.6 is 0 Å². The molecule has 0 radical (unpaired) electrons. The molecule has 2 aromatic carbocycles. The highest BCUT2D eigenvalue weighted by Crippen LogP contribution is 2.33. The van der Waals surface area contributed by atoms with Crippen LogP contribution in [0.25, 0.3) is 0 Å². The highest BCUT2D eigenvalue weighted by atomic mass is 16.7. The Morgan fingerprint density at radius 2 is 1.88 bits per heavy atom. The standard InChI is InChI=1S/C19H18N2O5/c1-12-2-4-15-14(6-12)21(19(23)10-24-15)9-18(22)20-8-13-3-5-16-17(7-13)26-11-25-16/h2-7H,8-11H2,1H3,(H,20,22). The van der Waals surface area contributed by atoms with E-state index >= 15 is 0 Å². The Kier molecular flexibility index (Phi) is 4.12. The summed E-state index contributed by atoms with van der Waals surface area (Å²) in [5, 5.41) is 2.83. The first-order valence-corrected chi connectivity index (χ1v) is 8.29. The van der Waals surface area contributed by atoms with Crippen LogP contribution in [0.4, 0.5) is 5.69 Å². The second kappa shape index (κ2) is 6.59. The Labute approximate surface area is 150 Å². The molecular weight excluding hydrogens is 336 g/mol. The van der Waals surface area contributed by atoms with Gasteiger partial charge >= 0.3 is 0 Å². The van der Waals surface area contributed by atoms with Crippen molar-refractivity contribution in [3.05, 3.63) is 47.5 Å². The zero-order valence-corrected chi connectivity index (χ0v) is 14.3. The molecule has 134 valence electrons. The van der Waals surface area contributed by atoms with E-state index in [1.165, 1.54) is 4.90 Å². The normalized spacial score (nSPS) is 14.7. The van der Waals surface area contributed by atoms with Crippen LogP contribution in [0.3, 0.4) is 0 Å². The third kappa shape index (κ3) is 3.15. The number of rotatable bonds is 4. The summed E-state index contributed by atoms with van der Waals surface area (Å²) >= 11 is 0. The van der Waals surface area contributed by atoms with E-state index in [0.29, 0.717) is 29.5 Å². The fourth-order valence-corrected chi connectivity index (χ4v) is 2.94. The minimum Gasteiger partial charge on any atom is -0.482 e. The van der Waals surface area contributed by atoms with Crippen LogP contribution in [0, 0.1) is 6.92 Å². The van der Waals surface area contributed by atoms with Gasteiger partial charge in [0.1, 0.15) is 12.3 Å². The van der Waals surface area contributed by atoms with Gasteiger partial charge in [-0.2, -0.15) is 0 Å². The monoisotopic (exact) mass is 354 g/mol. The number of nitrogens with one attached hydrogen (secondary N) is 1. The van der Waals surface area contributed by atoms with E-state index in [1.807, 2.05) is 43.3 Å². The molecule has 0 aliphatic carbocycles. The summed E-state index contributed by atoms with van der Waals surface area (Å²) in [6, 6.07) is 11.1. The van der Waals surface area contributed by atoms with Gasteiger partial charge in [0.25, 0.3) is 5.91 Å². The molecular formula is C19H18N2O5. The number of ether oxygens (including phenoxy) is 3. The fourth-order valence-electron chi connectivity index (χ4n) is 2.94. The first-order valence-electron chi connectivity index (χ1n) is 8.29. The molecule has 2 amide bonds. The molecule has 0 aromatic heterocycles. The summed E-state index contributed by atoms with van der Waals surface area (Å²) in [4.78, 5) is 26.0. The van der Waals surface area contributed by atoms with Crippen molar-refractivity contribution in [1.82, 2.24) is 5.32 Å². The van der Waals surface area contributed by atoms with Crippen molar-refractivity contribution >= 4 is 17.5 Å². The molecule has 2 aliphatic rings. The number of amides is 2. The van der Waals surface area contributed by atoms with E-state index in [-0.39, 0.29) is 31.8 Å². The third-order valence-corrected chi connectivity index (χ3v) is 4.29. The molecule has 2 aromatic rings. The van der Waals surface area contributed by atoms with Crippen LogP contribution in [0.1, 0.15) is 11.1 Å². The van der Waals surface area contributed by atoms with Crippen molar-refractivity contribution in [3.8, 4) is 17.2 Å². The van der Waals surface area contributed by atoms with E-state index in [0.717, 1.165) is 11.1 Å².